The van der Waals surface area contributed by atoms with Crippen LogP contribution < -0.4 is 9.62 Å². The Labute approximate surface area is 160 Å². The van der Waals surface area contributed by atoms with Crippen LogP contribution in [0.25, 0.3) is 0 Å². The van der Waals surface area contributed by atoms with Gasteiger partial charge in [-0.15, -0.1) is 0 Å². The first kappa shape index (κ1) is 18.3. The van der Waals surface area contributed by atoms with Gasteiger partial charge in [0.05, 0.1) is 5.25 Å². The highest BCUT2D eigenvalue weighted by Crippen LogP contribution is 2.33. The minimum Gasteiger partial charge on any atom is -0.367 e. The molecule has 4 rings (SSSR count). The third-order valence-corrected chi connectivity index (χ3v) is 7.48. The molecule has 0 spiro atoms. The molecule has 2 aromatic rings. The van der Waals surface area contributed by atoms with E-state index in [0.29, 0.717) is 5.69 Å². The molecule has 6 heteroatoms. The summed E-state index contributed by atoms with van der Waals surface area (Å²) in [6.45, 7) is 1.60. The topological polar surface area (TPSA) is 49.4 Å². The first-order valence-electron chi connectivity index (χ1n) is 9.65. The summed E-state index contributed by atoms with van der Waals surface area (Å²) in [7, 11) is -3.32. The fourth-order valence-electron chi connectivity index (χ4n) is 4.13. The predicted molar refractivity (Wildman–Crippen MR) is 107 cm³/mol. The standard InChI is InChI=1S/C21H25FN2O2S/c22-18-8-6-16(7-9-18)15-24-13-12-17-14-19(10-11-21(17)24)23-27(25,26)20-4-2-1-3-5-20/h6-11,14,20,23H,1-5,12-13,15H2. The maximum Gasteiger partial charge on any atom is 0.235 e. The second kappa shape index (κ2) is 7.50. The van der Waals surface area contributed by atoms with Gasteiger partial charge in [0.1, 0.15) is 5.82 Å². The first-order chi connectivity index (χ1) is 13.0. The van der Waals surface area contributed by atoms with Gasteiger partial charge in [-0.25, -0.2) is 12.8 Å². The Bertz CT molecular complexity index is 906. The molecular weight excluding hydrogens is 363 g/mol. The van der Waals surface area contributed by atoms with Crippen LogP contribution in [0.5, 0.6) is 0 Å². The fraction of sp³-hybridized carbons (Fsp3) is 0.429. The van der Waals surface area contributed by atoms with Gasteiger partial charge in [-0.3, -0.25) is 4.72 Å². The molecule has 0 saturated heterocycles. The van der Waals surface area contributed by atoms with Crippen molar-refractivity contribution in [2.75, 3.05) is 16.2 Å². The van der Waals surface area contributed by atoms with Crippen molar-refractivity contribution in [3.8, 4) is 0 Å². The zero-order chi connectivity index (χ0) is 18.9. The van der Waals surface area contributed by atoms with E-state index >= 15 is 0 Å². The minimum absolute atomic E-state index is 0.226. The summed E-state index contributed by atoms with van der Waals surface area (Å²) in [5.74, 6) is -0.226. The van der Waals surface area contributed by atoms with Gasteiger partial charge in [-0.2, -0.15) is 0 Å². The number of sulfonamides is 1. The SMILES string of the molecule is O=S(=O)(Nc1ccc2c(c1)CCN2Cc1ccc(F)cc1)C1CCCCC1. The van der Waals surface area contributed by atoms with Gasteiger partial charge >= 0.3 is 0 Å². The normalized spacial score (nSPS) is 17.7. The summed E-state index contributed by atoms with van der Waals surface area (Å²) in [6.07, 6.45) is 5.52. The molecular formula is C21H25FN2O2S. The van der Waals surface area contributed by atoms with E-state index in [-0.39, 0.29) is 11.1 Å². The maximum absolute atomic E-state index is 13.1. The third kappa shape index (κ3) is 4.10. The van der Waals surface area contributed by atoms with Crippen molar-refractivity contribution in [1.82, 2.24) is 0 Å². The van der Waals surface area contributed by atoms with E-state index in [9.17, 15) is 12.8 Å². The van der Waals surface area contributed by atoms with Crippen LogP contribution in [0.1, 0.15) is 43.2 Å². The van der Waals surface area contributed by atoms with Gasteiger partial charge in [-0.05, 0) is 60.7 Å². The van der Waals surface area contributed by atoms with Crippen LogP contribution in [0.3, 0.4) is 0 Å². The number of fused-ring (bicyclic) bond motifs is 1. The van der Waals surface area contributed by atoms with E-state index < -0.39 is 10.0 Å². The second-order valence-electron chi connectivity index (χ2n) is 7.55. The van der Waals surface area contributed by atoms with E-state index in [0.717, 1.165) is 68.4 Å². The molecule has 0 bridgehead atoms. The number of anilines is 2. The second-order valence-corrected chi connectivity index (χ2v) is 9.51. The molecule has 27 heavy (non-hydrogen) atoms. The Morgan fingerprint density at radius 3 is 2.52 bits per heavy atom. The zero-order valence-electron chi connectivity index (χ0n) is 15.3. The van der Waals surface area contributed by atoms with Crippen LogP contribution in [0.15, 0.2) is 42.5 Å². The Kier molecular flexibility index (Phi) is 5.08. The summed E-state index contributed by atoms with van der Waals surface area (Å²) in [4.78, 5) is 2.25. The maximum atomic E-state index is 13.1. The number of benzene rings is 2. The molecule has 144 valence electrons. The first-order valence-corrected chi connectivity index (χ1v) is 11.2. The lowest BCUT2D eigenvalue weighted by Crippen LogP contribution is -2.29. The molecule has 0 unspecified atom stereocenters. The van der Waals surface area contributed by atoms with Gasteiger partial charge in [0.15, 0.2) is 0 Å². The highest BCUT2D eigenvalue weighted by atomic mass is 32.2. The Morgan fingerprint density at radius 1 is 1.04 bits per heavy atom. The highest BCUT2D eigenvalue weighted by molar-refractivity contribution is 7.93. The van der Waals surface area contributed by atoms with Gasteiger partial charge in [0.25, 0.3) is 0 Å². The van der Waals surface area contributed by atoms with Crippen molar-refractivity contribution >= 4 is 21.4 Å². The Balaban J connectivity index is 1.47. The molecule has 1 fully saturated rings. The fourth-order valence-corrected chi connectivity index (χ4v) is 5.71. The van der Waals surface area contributed by atoms with Crippen molar-refractivity contribution in [3.05, 3.63) is 59.4 Å². The molecule has 1 saturated carbocycles. The van der Waals surface area contributed by atoms with E-state index in [4.69, 9.17) is 0 Å². The zero-order valence-corrected chi connectivity index (χ0v) is 16.1. The summed E-state index contributed by atoms with van der Waals surface area (Å²) in [5, 5.41) is -0.269. The molecule has 1 heterocycles. The van der Waals surface area contributed by atoms with Crippen molar-refractivity contribution in [2.24, 2.45) is 0 Å². The number of nitrogens with one attached hydrogen (secondary N) is 1. The van der Waals surface area contributed by atoms with Gasteiger partial charge in [0.2, 0.25) is 10.0 Å². The van der Waals surface area contributed by atoms with Gasteiger partial charge in [0, 0.05) is 24.5 Å². The van der Waals surface area contributed by atoms with E-state index in [1.165, 1.54) is 12.1 Å². The summed E-state index contributed by atoms with van der Waals surface area (Å²) in [6, 6.07) is 12.4. The van der Waals surface area contributed by atoms with Crippen LogP contribution in [-0.4, -0.2) is 20.2 Å². The number of halogens is 1. The van der Waals surface area contributed by atoms with Gasteiger partial charge in [-0.1, -0.05) is 31.4 Å². The van der Waals surface area contributed by atoms with Crippen molar-refractivity contribution < 1.29 is 12.8 Å². The van der Waals surface area contributed by atoms with E-state index in [2.05, 4.69) is 9.62 Å². The number of hydrogen-bond acceptors (Lipinski definition) is 3. The molecule has 1 aliphatic heterocycles. The molecule has 2 aromatic carbocycles. The molecule has 0 amide bonds. The highest BCUT2D eigenvalue weighted by Gasteiger charge is 2.28. The molecule has 1 N–H and O–H groups in total. The monoisotopic (exact) mass is 388 g/mol. The van der Waals surface area contributed by atoms with Crippen LogP contribution >= 0.6 is 0 Å². The van der Waals surface area contributed by atoms with Crippen LogP contribution in [0, 0.1) is 5.82 Å². The summed E-state index contributed by atoms with van der Waals surface area (Å²) >= 11 is 0. The predicted octanol–water partition coefficient (Wildman–Crippen LogP) is 4.46. The average molecular weight is 389 g/mol. The summed E-state index contributed by atoms with van der Waals surface area (Å²) < 4.78 is 41.2. The van der Waals surface area contributed by atoms with Crippen molar-refractivity contribution in [1.29, 1.82) is 0 Å². The average Bonchev–Trinajstić information content (AvgIpc) is 3.06. The lowest BCUT2D eigenvalue weighted by Gasteiger charge is -2.23. The summed E-state index contributed by atoms with van der Waals surface area (Å²) in [5.41, 5.74) is 4.00. The van der Waals surface area contributed by atoms with E-state index in [1.807, 2.05) is 18.2 Å². The molecule has 2 aliphatic rings. The van der Waals surface area contributed by atoms with Gasteiger partial charge < -0.3 is 4.90 Å². The van der Waals surface area contributed by atoms with Crippen molar-refractivity contribution in [3.63, 3.8) is 0 Å². The largest absolute Gasteiger partial charge is 0.367 e. The minimum atomic E-state index is -3.32. The molecule has 1 aliphatic carbocycles. The lowest BCUT2D eigenvalue weighted by molar-refractivity contribution is 0.486. The Morgan fingerprint density at radius 2 is 1.78 bits per heavy atom. The molecule has 0 radical (unpaired) electrons. The lowest BCUT2D eigenvalue weighted by atomic mass is 10.0. The molecule has 0 aromatic heterocycles. The number of rotatable bonds is 5. The molecule has 0 atom stereocenters. The smallest absolute Gasteiger partial charge is 0.235 e. The van der Waals surface area contributed by atoms with Crippen molar-refractivity contribution in [2.45, 2.75) is 50.3 Å². The quantitative estimate of drug-likeness (QED) is 0.823. The number of hydrogen-bond donors (Lipinski definition) is 1. The molecule has 4 nitrogen and oxygen atoms in total. The van der Waals surface area contributed by atoms with Crippen LogP contribution in [0.2, 0.25) is 0 Å². The third-order valence-electron chi connectivity index (χ3n) is 5.61. The Hall–Kier alpha value is -2.08. The van der Waals surface area contributed by atoms with Crippen LogP contribution in [-0.2, 0) is 23.0 Å². The number of nitrogens with zero attached hydrogens (tertiary/aromatic N) is 1. The van der Waals surface area contributed by atoms with E-state index in [1.54, 1.807) is 12.1 Å². The van der Waals surface area contributed by atoms with Crippen LogP contribution in [0.4, 0.5) is 15.8 Å².